The van der Waals surface area contributed by atoms with Gasteiger partial charge in [-0.05, 0) is 24.7 Å². The van der Waals surface area contributed by atoms with Gasteiger partial charge in [0.05, 0.1) is 5.25 Å². The fraction of sp³-hybridized carbons (Fsp3) is 1.00. The average molecular weight is 206 g/mol. The summed E-state index contributed by atoms with van der Waals surface area (Å²) in [6.45, 7) is 3.83. The highest BCUT2D eigenvalue weighted by Crippen LogP contribution is 2.35. The molecule has 0 aromatic carbocycles. The van der Waals surface area contributed by atoms with Gasteiger partial charge in [0.2, 0.25) is 0 Å². The number of rotatable bonds is 3. The van der Waals surface area contributed by atoms with Crippen LogP contribution in [0.2, 0.25) is 0 Å². The minimum Gasteiger partial charge on any atom is -0.396 e. The molecule has 1 saturated carbocycles. The highest BCUT2D eigenvalue weighted by molar-refractivity contribution is 7.92. The predicted octanol–water partition coefficient (Wildman–Crippen LogP) is 0.828. The average Bonchev–Trinajstić information content (AvgIpc) is 2.47. The maximum atomic E-state index is 11.5. The van der Waals surface area contributed by atoms with E-state index in [-0.39, 0.29) is 23.5 Å². The standard InChI is InChI=1S/C9H18O3S/c1-3-13(11,12)9-4-7(2)8(5-9)6-10/h7-10H,3-6H2,1-2H3. The van der Waals surface area contributed by atoms with Crippen LogP contribution in [0, 0.1) is 11.8 Å². The van der Waals surface area contributed by atoms with Gasteiger partial charge in [-0.3, -0.25) is 0 Å². The Balaban J connectivity index is 2.68. The van der Waals surface area contributed by atoms with Gasteiger partial charge >= 0.3 is 0 Å². The Kier molecular flexibility index (Phi) is 3.35. The zero-order valence-corrected chi connectivity index (χ0v) is 9.05. The van der Waals surface area contributed by atoms with E-state index in [2.05, 4.69) is 0 Å². The van der Waals surface area contributed by atoms with Crippen LogP contribution in [0.1, 0.15) is 26.7 Å². The van der Waals surface area contributed by atoms with Crippen LogP contribution in [0.3, 0.4) is 0 Å². The van der Waals surface area contributed by atoms with Crippen molar-refractivity contribution in [3.63, 3.8) is 0 Å². The smallest absolute Gasteiger partial charge is 0.152 e. The lowest BCUT2D eigenvalue weighted by Gasteiger charge is -2.09. The molecule has 0 spiro atoms. The van der Waals surface area contributed by atoms with Crippen molar-refractivity contribution < 1.29 is 13.5 Å². The number of aliphatic hydroxyl groups excluding tert-OH is 1. The molecule has 78 valence electrons. The fourth-order valence-corrected chi connectivity index (χ4v) is 3.67. The topological polar surface area (TPSA) is 54.4 Å². The third-order valence-electron chi connectivity index (χ3n) is 3.15. The summed E-state index contributed by atoms with van der Waals surface area (Å²) in [5, 5.41) is 8.79. The van der Waals surface area contributed by atoms with Crippen molar-refractivity contribution in [3.8, 4) is 0 Å². The molecule has 4 heteroatoms. The molecule has 1 fully saturated rings. The summed E-state index contributed by atoms with van der Waals surface area (Å²) in [4.78, 5) is 0. The summed E-state index contributed by atoms with van der Waals surface area (Å²) in [6.07, 6.45) is 1.37. The van der Waals surface area contributed by atoms with Crippen LogP contribution < -0.4 is 0 Å². The molecule has 1 aliphatic rings. The van der Waals surface area contributed by atoms with Crippen LogP contribution in [0.15, 0.2) is 0 Å². The summed E-state index contributed by atoms with van der Waals surface area (Å²) in [7, 11) is -2.88. The zero-order chi connectivity index (χ0) is 10.1. The summed E-state index contributed by atoms with van der Waals surface area (Å²) in [5.74, 6) is 0.755. The van der Waals surface area contributed by atoms with Gasteiger partial charge in [-0.25, -0.2) is 8.42 Å². The summed E-state index contributed by atoms with van der Waals surface area (Å²) in [5.41, 5.74) is 0. The molecular formula is C9H18O3S. The number of aliphatic hydroxyl groups is 1. The van der Waals surface area contributed by atoms with Crippen molar-refractivity contribution in [2.75, 3.05) is 12.4 Å². The molecule has 0 bridgehead atoms. The van der Waals surface area contributed by atoms with E-state index in [1.165, 1.54) is 0 Å². The maximum absolute atomic E-state index is 11.5. The molecule has 0 aromatic rings. The van der Waals surface area contributed by atoms with Gasteiger partial charge in [-0.1, -0.05) is 13.8 Å². The van der Waals surface area contributed by atoms with Crippen molar-refractivity contribution in [1.82, 2.24) is 0 Å². The monoisotopic (exact) mass is 206 g/mol. The molecule has 0 heterocycles. The van der Waals surface area contributed by atoms with Crippen LogP contribution in [-0.4, -0.2) is 31.1 Å². The molecule has 3 unspecified atom stereocenters. The van der Waals surface area contributed by atoms with Gasteiger partial charge in [0, 0.05) is 12.4 Å². The number of sulfone groups is 1. The molecule has 13 heavy (non-hydrogen) atoms. The fourth-order valence-electron chi connectivity index (χ4n) is 2.06. The van der Waals surface area contributed by atoms with E-state index in [1.807, 2.05) is 6.92 Å². The first kappa shape index (κ1) is 11.0. The van der Waals surface area contributed by atoms with Gasteiger partial charge in [0.1, 0.15) is 0 Å². The van der Waals surface area contributed by atoms with Gasteiger partial charge in [-0.2, -0.15) is 0 Å². The highest BCUT2D eigenvalue weighted by atomic mass is 32.2. The first-order valence-electron chi connectivity index (χ1n) is 4.83. The van der Waals surface area contributed by atoms with Crippen molar-refractivity contribution in [2.45, 2.75) is 31.9 Å². The van der Waals surface area contributed by atoms with Crippen LogP contribution in [0.5, 0.6) is 0 Å². The van der Waals surface area contributed by atoms with E-state index in [9.17, 15) is 8.42 Å². The molecule has 1 rings (SSSR count). The van der Waals surface area contributed by atoms with E-state index in [4.69, 9.17) is 5.11 Å². The molecule has 0 saturated heterocycles. The Labute approximate surface area is 80.1 Å². The second-order valence-electron chi connectivity index (χ2n) is 3.96. The Morgan fingerprint density at radius 3 is 2.38 bits per heavy atom. The van der Waals surface area contributed by atoms with E-state index in [0.29, 0.717) is 12.3 Å². The normalized spacial score (nSPS) is 35.2. The number of hydrogen-bond donors (Lipinski definition) is 1. The molecule has 0 aliphatic heterocycles. The van der Waals surface area contributed by atoms with Gasteiger partial charge in [0.25, 0.3) is 0 Å². The van der Waals surface area contributed by atoms with Crippen LogP contribution in [-0.2, 0) is 9.84 Å². The first-order chi connectivity index (χ1) is 6.01. The molecular weight excluding hydrogens is 188 g/mol. The van der Waals surface area contributed by atoms with Crippen molar-refractivity contribution in [2.24, 2.45) is 11.8 Å². The van der Waals surface area contributed by atoms with E-state index in [1.54, 1.807) is 6.92 Å². The van der Waals surface area contributed by atoms with E-state index < -0.39 is 9.84 Å². The summed E-state index contributed by atoms with van der Waals surface area (Å²) >= 11 is 0. The zero-order valence-electron chi connectivity index (χ0n) is 8.23. The largest absolute Gasteiger partial charge is 0.396 e. The van der Waals surface area contributed by atoms with Crippen LogP contribution >= 0.6 is 0 Å². The molecule has 0 radical (unpaired) electrons. The quantitative estimate of drug-likeness (QED) is 0.744. The lowest BCUT2D eigenvalue weighted by molar-refractivity contribution is 0.201. The third-order valence-corrected chi connectivity index (χ3v) is 5.36. The Morgan fingerprint density at radius 2 is 2.00 bits per heavy atom. The SMILES string of the molecule is CCS(=O)(=O)C1CC(C)C(CO)C1. The van der Waals surface area contributed by atoms with Crippen LogP contribution in [0.25, 0.3) is 0 Å². The minimum absolute atomic E-state index is 0.122. The Hall–Kier alpha value is -0.0900. The van der Waals surface area contributed by atoms with Crippen molar-refractivity contribution in [3.05, 3.63) is 0 Å². The van der Waals surface area contributed by atoms with E-state index >= 15 is 0 Å². The van der Waals surface area contributed by atoms with Crippen LogP contribution in [0.4, 0.5) is 0 Å². The highest BCUT2D eigenvalue weighted by Gasteiger charge is 2.37. The van der Waals surface area contributed by atoms with E-state index in [0.717, 1.165) is 6.42 Å². The molecule has 1 aliphatic carbocycles. The summed E-state index contributed by atoms with van der Waals surface area (Å²) < 4.78 is 23.1. The molecule has 3 atom stereocenters. The molecule has 0 aromatic heterocycles. The van der Waals surface area contributed by atoms with Gasteiger partial charge in [0.15, 0.2) is 9.84 Å². The third kappa shape index (κ3) is 2.23. The minimum atomic E-state index is -2.88. The van der Waals surface area contributed by atoms with Gasteiger partial charge in [-0.15, -0.1) is 0 Å². The second-order valence-corrected chi connectivity index (χ2v) is 6.53. The summed E-state index contributed by atoms with van der Waals surface area (Å²) in [6, 6.07) is 0. The van der Waals surface area contributed by atoms with Crippen molar-refractivity contribution >= 4 is 9.84 Å². The molecule has 1 N–H and O–H groups in total. The first-order valence-corrected chi connectivity index (χ1v) is 6.55. The lowest BCUT2D eigenvalue weighted by atomic mass is 10.00. The second kappa shape index (κ2) is 3.96. The Bertz CT molecular complexity index is 258. The maximum Gasteiger partial charge on any atom is 0.152 e. The lowest BCUT2D eigenvalue weighted by Crippen LogP contribution is -2.20. The van der Waals surface area contributed by atoms with Gasteiger partial charge < -0.3 is 5.11 Å². The Morgan fingerprint density at radius 1 is 1.38 bits per heavy atom. The van der Waals surface area contributed by atoms with Crippen molar-refractivity contribution in [1.29, 1.82) is 0 Å². The molecule has 0 amide bonds. The predicted molar refractivity (Wildman–Crippen MR) is 52.2 cm³/mol. The molecule has 3 nitrogen and oxygen atoms in total. The number of hydrogen-bond acceptors (Lipinski definition) is 3.